The Kier molecular flexibility index (Phi) is 9.25. The van der Waals surface area contributed by atoms with Crippen LogP contribution in [0, 0.1) is 61.2 Å². The van der Waals surface area contributed by atoms with Crippen molar-refractivity contribution in [2.45, 2.75) is 101 Å². The summed E-state index contributed by atoms with van der Waals surface area (Å²) in [6.07, 6.45) is 16.7. The summed E-state index contributed by atoms with van der Waals surface area (Å²) in [6, 6.07) is 46.7. The van der Waals surface area contributed by atoms with Crippen LogP contribution >= 0.6 is 17.2 Å². The molecular weight excluding hydrogens is 711 g/mol. The molecule has 1 atom stereocenters. The van der Waals surface area contributed by atoms with E-state index in [0.29, 0.717) is 0 Å². The van der Waals surface area contributed by atoms with Crippen LogP contribution in [0.3, 0.4) is 0 Å². The number of benzene rings is 5. The van der Waals surface area contributed by atoms with Crippen LogP contribution in [-0.4, -0.2) is 11.3 Å². The van der Waals surface area contributed by atoms with Crippen LogP contribution in [0.1, 0.15) is 97.6 Å². The highest BCUT2D eigenvalue weighted by Crippen LogP contribution is 2.72. The Bertz CT molecular complexity index is 2070. The highest BCUT2D eigenvalue weighted by molar-refractivity contribution is 7.58. The molecule has 0 amide bonds. The van der Waals surface area contributed by atoms with Gasteiger partial charge in [0.15, 0.2) is 0 Å². The van der Waals surface area contributed by atoms with Gasteiger partial charge in [-0.3, -0.25) is 0 Å². The predicted molar refractivity (Wildman–Crippen MR) is 242 cm³/mol. The Morgan fingerprint density at radius 3 is 1.25 bits per heavy atom. The normalized spacial score (nSPS) is 31.8. The molecule has 8 bridgehead atoms. The Morgan fingerprint density at radius 2 is 0.839 bits per heavy atom. The second-order valence-corrected chi connectivity index (χ2v) is 23.1. The second-order valence-electron chi connectivity index (χ2n) is 19.7. The number of rotatable bonds is 9. The molecule has 0 nitrogen and oxygen atoms in total. The van der Waals surface area contributed by atoms with Crippen molar-refractivity contribution in [3.63, 3.8) is 0 Å². The van der Waals surface area contributed by atoms with Gasteiger partial charge in [-0.15, -0.1) is 9.24 Å². The minimum absolute atomic E-state index is 0.208. The van der Waals surface area contributed by atoms with E-state index in [4.69, 9.17) is 0 Å². The monoisotopic (exact) mass is 770 g/mol. The van der Waals surface area contributed by atoms with Crippen molar-refractivity contribution >= 4 is 17.2 Å². The van der Waals surface area contributed by atoms with Crippen LogP contribution in [0.2, 0.25) is 0 Å². The molecule has 56 heavy (non-hydrogen) atoms. The summed E-state index contributed by atoms with van der Waals surface area (Å²) in [4.78, 5) is 0. The Balaban J connectivity index is 1.17. The molecule has 0 radical (unpaired) electrons. The zero-order valence-corrected chi connectivity index (χ0v) is 35.7. The van der Waals surface area contributed by atoms with Crippen LogP contribution in [0.25, 0.3) is 22.3 Å². The fourth-order valence-corrected chi connectivity index (χ4v) is 20.3. The number of aryl methyl sites for hydroxylation is 2. The SMILES string of the molecule is Cc1ccccc1C(P)(c1ccccc1C)c1cc(-c2ccccc2)c(-c2ccccc2)cc1CP(C1C2CC3CC(C2)CC1C3)C1C2CC3CC(C2)CC1C3. The average molecular weight is 771 g/mol. The minimum atomic E-state index is -0.389. The van der Waals surface area contributed by atoms with Crippen LogP contribution in [0.4, 0.5) is 0 Å². The molecule has 0 spiro atoms. The first-order chi connectivity index (χ1) is 27.4. The standard InChI is InChI=1S/C54H60P2/c1-34-13-9-11-19-49(34)54(55,50-20-12-10-14-35(50)2)51-32-48(41-17-7-4-8-18-41)47(40-15-5-3-6-16-40)31-46(51)33-56(52-42-23-36-21-37(25-42)26-43(52)24-36)53-44-27-38-22-39(29-44)30-45(53)28-38/h3-20,31-32,36-39,42-45,52-53H,21-30,33,55H2,1-2H3. The summed E-state index contributed by atoms with van der Waals surface area (Å²) in [5.74, 6) is 8.00. The fraction of sp³-hybridized carbons (Fsp3) is 0.444. The van der Waals surface area contributed by atoms with Crippen LogP contribution < -0.4 is 0 Å². The lowest BCUT2D eigenvalue weighted by molar-refractivity contribution is 0.0129. The summed E-state index contributed by atoms with van der Waals surface area (Å²) in [5, 5.41) is -0.389. The van der Waals surface area contributed by atoms with Gasteiger partial charge >= 0.3 is 0 Å². The Hall–Kier alpha value is -3.04. The van der Waals surface area contributed by atoms with Crippen molar-refractivity contribution in [3.05, 3.63) is 155 Å². The van der Waals surface area contributed by atoms with E-state index in [2.05, 4.69) is 144 Å². The third kappa shape index (κ3) is 6.05. The summed E-state index contributed by atoms with van der Waals surface area (Å²) in [5.41, 5.74) is 16.1. The molecule has 286 valence electrons. The molecule has 8 aliphatic rings. The van der Waals surface area contributed by atoms with E-state index in [9.17, 15) is 0 Å². The number of hydrogen-bond donors (Lipinski definition) is 0. The average Bonchev–Trinajstić information content (AvgIpc) is 3.20. The molecule has 8 saturated carbocycles. The molecule has 5 aromatic rings. The first-order valence-electron chi connectivity index (χ1n) is 22.4. The molecule has 0 aliphatic heterocycles. The maximum absolute atomic E-state index is 3.56. The molecular formula is C54H60P2. The van der Waals surface area contributed by atoms with Gasteiger partial charge in [0.05, 0.1) is 5.16 Å². The van der Waals surface area contributed by atoms with E-state index in [1.165, 1.54) is 56.2 Å². The van der Waals surface area contributed by atoms with E-state index in [1.54, 1.807) is 69.8 Å². The van der Waals surface area contributed by atoms with Crippen molar-refractivity contribution in [1.82, 2.24) is 0 Å². The lowest BCUT2D eigenvalue weighted by Gasteiger charge is -2.62. The molecule has 5 aromatic carbocycles. The van der Waals surface area contributed by atoms with Crippen LogP contribution in [0.15, 0.2) is 121 Å². The van der Waals surface area contributed by atoms with Gasteiger partial charge < -0.3 is 0 Å². The van der Waals surface area contributed by atoms with E-state index >= 15 is 0 Å². The lowest BCUT2D eigenvalue weighted by Crippen LogP contribution is -2.52. The molecule has 1 unspecified atom stereocenters. The van der Waals surface area contributed by atoms with Crippen molar-refractivity contribution in [2.75, 3.05) is 0 Å². The van der Waals surface area contributed by atoms with Crippen molar-refractivity contribution < 1.29 is 0 Å². The summed E-state index contributed by atoms with van der Waals surface area (Å²) in [7, 11) is 3.35. The van der Waals surface area contributed by atoms with Crippen LogP contribution in [-0.2, 0) is 11.3 Å². The fourth-order valence-electron chi connectivity index (χ4n) is 14.8. The third-order valence-electron chi connectivity index (χ3n) is 16.5. The quantitative estimate of drug-likeness (QED) is 0.103. The number of hydrogen-bond acceptors (Lipinski definition) is 0. The summed E-state index contributed by atoms with van der Waals surface area (Å²) < 4.78 is 0. The summed E-state index contributed by atoms with van der Waals surface area (Å²) >= 11 is 0. The van der Waals surface area contributed by atoms with Gasteiger partial charge in [-0.25, -0.2) is 0 Å². The van der Waals surface area contributed by atoms with E-state index in [1.807, 2.05) is 0 Å². The molecule has 8 fully saturated rings. The maximum atomic E-state index is 3.56. The largest absolute Gasteiger partial charge is 0.117 e. The van der Waals surface area contributed by atoms with Gasteiger partial charge in [0.2, 0.25) is 0 Å². The van der Waals surface area contributed by atoms with Gasteiger partial charge in [0, 0.05) is 0 Å². The van der Waals surface area contributed by atoms with Gasteiger partial charge in [-0.1, -0.05) is 117 Å². The molecule has 0 aromatic heterocycles. The third-order valence-corrected chi connectivity index (χ3v) is 21.3. The van der Waals surface area contributed by atoms with Crippen molar-refractivity contribution in [2.24, 2.45) is 47.3 Å². The van der Waals surface area contributed by atoms with Crippen molar-refractivity contribution in [3.8, 4) is 22.3 Å². The van der Waals surface area contributed by atoms with Gasteiger partial charge in [0.1, 0.15) is 0 Å². The van der Waals surface area contributed by atoms with E-state index in [-0.39, 0.29) is 13.1 Å². The topological polar surface area (TPSA) is 0 Å². The molecule has 0 N–H and O–H groups in total. The highest BCUT2D eigenvalue weighted by Gasteiger charge is 2.57. The lowest BCUT2D eigenvalue weighted by atomic mass is 9.55. The van der Waals surface area contributed by atoms with Gasteiger partial charge in [-0.2, -0.15) is 0 Å². The van der Waals surface area contributed by atoms with Crippen LogP contribution in [0.5, 0.6) is 0 Å². The van der Waals surface area contributed by atoms with E-state index < -0.39 is 0 Å². The Labute approximate surface area is 340 Å². The molecule has 0 heterocycles. The maximum Gasteiger partial charge on any atom is 0.0599 e. The molecule has 13 rings (SSSR count). The van der Waals surface area contributed by atoms with E-state index in [0.717, 1.165) is 58.7 Å². The molecule has 8 aliphatic carbocycles. The smallest absolute Gasteiger partial charge is 0.0599 e. The Morgan fingerprint density at radius 1 is 0.464 bits per heavy atom. The first kappa shape index (κ1) is 36.1. The predicted octanol–water partition coefficient (Wildman–Crippen LogP) is 14.4. The first-order valence-corrected chi connectivity index (χ1v) is 24.6. The molecule has 0 saturated heterocycles. The van der Waals surface area contributed by atoms with Gasteiger partial charge in [-0.05, 0) is 211 Å². The minimum Gasteiger partial charge on any atom is -0.117 e. The zero-order chi connectivity index (χ0) is 37.5. The second kappa shape index (κ2) is 14.4. The van der Waals surface area contributed by atoms with Crippen molar-refractivity contribution in [1.29, 1.82) is 0 Å². The molecule has 2 heteroatoms. The summed E-state index contributed by atoms with van der Waals surface area (Å²) in [6.45, 7) is 4.69. The highest BCUT2D eigenvalue weighted by atomic mass is 31.1. The zero-order valence-electron chi connectivity index (χ0n) is 33.6. The van der Waals surface area contributed by atoms with Gasteiger partial charge in [0.25, 0.3) is 0 Å².